The van der Waals surface area contributed by atoms with Gasteiger partial charge in [-0.15, -0.1) is 0 Å². The van der Waals surface area contributed by atoms with E-state index >= 15 is 0 Å². The minimum Gasteiger partial charge on any atom is -0.333 e. The molecule has 2 saturated heterocycles. The lowest BCUT2D eigenvalue weighted by molar-refractivity contribution is -0.137. The van der Waals surface area contributed by atoms with E-state index in [0.717, 1.165) is 62.6 Å². The Labute approximate surface area is 142 Å². The lowest BCUT2D eigenvalue weighted by Gasteiger charge is -2.37. The second-order valence-corrected chi connectivity index (χ2v) is 7.61. The zero-order chi connectivity index (χ0) is 15.9. The van der Waals surface area contributed by atoms with Crippen molar-refractivity contribution in [2.75, 3.05) is 32.7 Å². The summed E-state index contributed by atoms with van der Waals surface area (Å²) in [6.07, 6.45) is 3.38. The molecule has 2 atom stereocenters. The number of carbonyl (C=O) groups is 1. The highest BCUT2D eigenvalue weighted by atomic mass is 35.5. The normalized spacial score (nSPS) is 29.5. The second kappa shape index (κ2) is 6.08. The maximum absolute atomic E-state index is 13.1. The zero-order valence-corrected chi connectivity index (χ0v) is 14.1. The summed E-state index contributed by atoms with van der Waals surface area (Å²) in [7, 11) is 0. The molecule has 2 aliphatic heterocycles. The van der Waals surface area contributed by atoms with Gasteiger partial charge in [-0.2, -0.15) is 0 Å². The Morgan fingerprint density at radius 2 is 2.04 bits per heavy atom. The van der Waals surface area contributed by atoms with Crippen molar-refractivity contribution in [3.8, 4) is 0 Å². The van der Waals surface area contributed by atoms with Crippen LogP contribution in [-0.4, -0.2) is 43.5 Å². The molecule has 3 fully saturated rings. The maximum atomic E-state index is 13.1. The van der Waals surface area contributed by atoms with Gasteiger partial charge in [0.05, 0.1) is 6.04 Å². The Morgan fingerprint density at radius 3 is 2.83 bits per heavy atom. The summed E-state index contributed by atoms with van der Waals surface area (Å²) in [5, 5.41) is 7.57. The van der Waals surface area contributed by atoms with Crippen LogP contribution in [0.2, 0.25) is 5.02 Å². The number of rotatable bonds is 2. The molecule has 124 valence electrons. The van der Waals surface area contributed by atoms with E-state index in [-0.39, 0.29) is 12.0 Å². The number of hydrogen-bond acceptors (Lipinski definition) is 3. The number of benzene rings is 1. The molecule has 0 radical (unpaired) electrons. The van der Waals surface area contributed by atoms with E-state index in [1.165, 1.54) is 0 Å². The maximum Gasteiger partial charge on any atom is 0.226 e. The standard InChI is InChI=1S/C18H24ClN3O/c19-14-3-1-2-13(10-14)16-12-21-8-9-22(16)17(23)15-11-18(15)4-6-20-7-5-18/h1-3,10,15-16,20-21H,4-9,11-12H2. The van der Waals surface area contributed by atoms with Crippen LogP contribution in [0.4, 0.5) is 0 Å². The van der Waals surface area contributed by atoms with Crippen LogP contribution in [-0.2, 0) is 4.79 Å². The molecule has 2 N–H and O–H groups in total. The van der Waals surface area contributed by atoms with E-state index in [2.05, 4.69) is 21.6 Å². The molecule has 0 bridgehead atoms. The first-order valence-electron chi connectivity index (χ1n) is 8.67. The minimum absolute atomic E-state index is 0.106. The number of piperazine rings is 1. The van der Waals surface area contributed by atoms with E-state index in [9.17, 15) is 4.79 Å². The van der Waals surface area contributed by atoms with Crippen LogP contribution in [0.3, 0.4) is 0 Å². The van der Waals surface area contributed by atoms with Gasteiger partial charge in [-0.25, -0.2) is 0 Å². The summed E-state index contributed by atoms with van der Waals surface area (Å²) in [4.78, 5) is 15.2. The number of halogens is 1. The average Bonchev–Trinajstić information content (AvgIpc) is 3.28. The van der Waals surface area contributed by atoms with Crippen LogP contribution in [0.15, 0.2) is 24.3 Å². The first kappa shape index (κ1) is 15.4. The van der Waals surface area contributed by atoms with Gasteiger partial charge in [-0.1, -0.05) is 23.7 Å². The average molecular weight is 334 g/mol. The minimum atomic E-state index is 0.106. The van der Waals surface area contributed by atoms with E-state index in [0.29, 0.717) is 11.3 Å². The number of hydrogen-bond donors (Lipinski definition) is 2. The van der Waals surface area contributed by atoms with Gasteiger partial charge in [0.2, 0.25) is 5.91 Å². The summed E-state index contributed by atoms with van der Waals surface area (Å²) in [6.45, 7) is 4.60. The molecular formula is C18H24ClN3O. The summed E-state index contributed by atoms with van der Waals surface area (Å²) in [5.74, 6) is 0.600. The molecule has 1 aromatic carbocycles. The third-order valence-electron chi connectivity index (χ3n) is 5.85. The van der Waals surface area contributed by atoms with E-state index in [1.54, 1.807) is 0 Å². The Bertz CT molecular complexity index is 600. The lowest BCUT2D eigenvalue weighted by atomic mass is 9.91. The number of carbonyl (C=O) groups excluding carboxylic acids is 1. The van der Waals surface area contributed by atoms with Crippen molar-refractivity contribution >= 4 is 17.5 Å². The predicted octanol–water partition coefficient (Wildman–Crippen LogP) is 2.20. The lowest BCUT2D eigenvalue weighted by Crippen LogP contribution is -2.49. The Kier molecular flexibility index (Phi) is 4.08. The summed E-state index contributed by atoms with van der Waals surface area (Å²) in [6, 6.07) is 8.04. The fraction of sp³-hybridized carbons (Fsp3) is 0.611. The van der Waals surface area contributed by atoms with Crippen LogP contribution < -0.4 is 10.6 Å². The number of nitrogens with one attached hydrogen (secondary N) is 2. The second-order valence-electron chi connectivity index (χ2n) is 7.18. The van der Waals surface area contributed by atoms with Crippen LogP contribution in [0.25, 0.3) is 0 Å². The van der Waals surface area contributed by atoms with Crippen molar-refractivity contribution in [3.63, 3.8) is 0 Å². The molecule has 5 heteroatoms. The molecule has 1 aromatic rings. The highest BCUT2D eigenvalue weighted by Crippen LogP contribution is 2.59. The summed E-state index contributed by atoms with van der Waals surface area (Å²) >= 11 is 6.15. The molecule has 1 aliphatic carbocycles. The number of amides is 1. The zero-order valence-electron chi connectivity index (χ0n) is 13.4. The van der Waals surface area contributed by atoms with Crippen molar-refractivity contribution in [2.45, 2.75) is 25.3 Å². The van der Waals surface area contributed by atoms with E-state index in [4.69, 9.17) is 11.6 Å². The largest absolute Gasteiger partial charge is 0.333 e. The van der Waals surface area contributed by atoms with Crippen LogP contribution in [0.1, 0.15) is 30.9 Å². The summed E-state index contributed by atoms with van der Waals surface area (Å²) in [5.41, 5.74) is 1.43. The topological polar surface area (TPSA) is 44.4 Å². The first-order valence-corrected chi connectivity index (χ1v) is 9.05. The van der Waals surface area contributed by atoms with Crippen molar-refractivity contribution < 1.29 is 4.79 Å². The molecule has 23 heavy (non-hydrogen) atoms. The fourth-order valence-corrected chi connectivity index (χ4v) is 4.55. The smallest absolute Gasteiger partial charge is 0.226 e. The fourth-order valence-electron chi connectivity index (χ4n) is 4.35. The van der Waals surface area contributed by atoms with Gasteiger partial charge in [0, 0.05) is 30.6 Å². The first-order chi connectivity index (χ1) is 11.2. The molecule has 1 amide bonds. The van der Waals surface area contributed by atoms with Gasteiger partial charge in [-0.05, 0) is 55.5 Å². The van der Waals surface area contributed by atoms with Crippen LogP contribution in [0, 0.1) is 11.3 Å². The van der Waals surface area contributed by atoms with Gasteiger partial charge >= 0.3 is 0 Å². The Balaban J connectivity index is 1.53. The van der Waals surface area contributed by atoms with Crippen molar-refractivity contribution in [2.24, 2.45) is 11.3 Å². The molecule has 2 unspecified atom stereocenters. The number of piperidine rings is 1. The van der Waals surface area contributed by atoms with Crippen molar-refractivity contribution in [3.05, 3.63) is 34.9 Å². The van der Waals surface area contributed by atoms with Gasteiger partial charge in [0.25, 0.3) is 0 Å². The SMILES string of the molecule is O=C(C1CC12CCNCC2)N1CCNCC1c1cccc(Cl)c1. The summed E-state index contributed by atoms with van der Waals surface area (Å²) < 4.78 is 0. The van der Waals surface area contributed by atoms with Crippen molar-refractivity contribution in [1.82, 2.24) is 15.5 Å². The molecule has 4 rings (SSSR count). The van der Waals surface area contributed by atoms with Crippen molar-refractivity contribution in [1.29, 1.82) is 0 Å². The van der Waals surface area contributed by atoms with Gasteiger partial charge in [0.1, 0.15) is 0 Å². The number of nitrogens with zero attached hydrogens (tertiary/aromatic N) is 1. The quantitative estimate of drug-likeness (QED) is 0.872. The molecule has 1 saturated carbocycles. The Hall–Kier alpha value is -1.10. The van der Waals surface area contributed by atoms with Gasteiger partial charge < -0.3 is 15.5 Å². The van der Waals surface area contributed by atoms with Crippen LogP contribution in [0.5, 0.6) is 0 Å². The molecule has 4 nitrogen and oxygen atoms in total. The van der Waals surface area contributed by atoms with Gasteiger partial charge in [-0.3, -0.25) is 4.79 Å². The highest BCUT2D eigenvalue weighted by molar-refractivity contribution is 6.30. The predicted molar refractivity (Wildman–Crippen MR) is 91.4 cm³/mol. The third kappa shape index (κ3) is 2.88. The molecule has 0 aromatic heterocycles. The molecular weight excluding hydrogens is 310 g/mol. The van der Waals surface area contributed by atoms with Crippen LogP contribution >= 0.6 is 11.6 Å². The van der Waals surface area contributed by atoms with E-state index < -0.39 is 0 Å². The third-order valence-corrected chi connectivity index (χ3v) is 6.08. The molecule has 2 heterocycles. The van der Waals surface area contributed by atoms with Gasteiger partial charge in [0.15, 0.2) is 0 Å². The molecule has 1 spiro atoms. The van der Waals surface area contributed by atoms with E-state index in [1.807, 2.05) is 18.2 Å². The monoisotopic (exact) mass is 333 g/mol. The highest BCUT2D eigenvalue weighted by Gasteiger charge is 2.59. The Morgan fingerprint density at radius 1 is 1.22 bits per heavy atom. The molecule has 3 aliphatic rings.